The van der Waals surface area contributed by atoms with Crippen LogP contribution in [0.4, 0.5) is 5.69 Å². The van der Waals surface area contributed by atoms with E-state index in [1.165, 1.54) is 29.4 Å². The predicted molar refractivity (Wildman–Crippen MR) is 114 cm³/mol. The molecule has 1 aliphatic heterocycles. The number of nitrogens with one attached hydrogen (secondary N) is 1. The van der Waals surface area contributed by atoms with Crippen LogP contribution in [-0.4, -0.2) is 43.8 Å². The van der Waals surface area contributed by atoms with Gasteiger partial charge in [0.25, 0.3) is 5.91 Å². The van der Waals surface area contributed by atoms with Gasteiger partial charge in [0.2, 0.25) is 10.0 Å². The van der Waals surface area contributed by atoms with Crippen molar-refractivity contribution in [3.63, 3.8) is 0 Å². The maximum atomic E-state index is 12.9. The Morgan fingerprint density at radius 3 is 2.40 bits per heavy atom. The highest BCUT2D eigenvalue weighted by molar-refractivity contribution is 7.89. The van der Waals surface area contributed by atoms with Crippen LogP contribution in [0.15, 0.2) is 53.4 Å². The zero-order valence-corrected chi connectivity index (χ0v) is 18.1. The first-order valence-electron chi connectivity index (χ1n) is 9.65. The number of carbonyl (C=O) groups excluding carboxylic acids is 2. The quantitative estimate of drug-likeness (QED) is 0.677. The molecule has 1 amide bonds. The first kappa shape index (κ1) is 22.3. The van der Waals surface area contributed by atoms with E-state index in [4.69, 9.17) is 16.3 Å². The Morgan fingerprint density at radius 2 is 1.73 bits per heavy atom. The van der Waals surface area contributed by atoms with Crippen LogP contribution in [0.1, 0.15) is 36.5 Å². The summed E-state index contributed by atoms with van der Waals surface area (Å²) in [7, 11) is -3.73. The maximum Gasteiger partial charge on any atom is 0.340 e. The standard InChI is InChI=1S/C21H23ClN2O5S/c1-15(20(25)23-16-8-4-2-5-9-16)29-21(26)18-14-17(10-11-19(18)22)30(27,28)24-12-6-3-7-13-24/h2,4-5,8-11,14-15H,3,6-7,12-13H2,1H3,(H,23,25)/t15-/m1/s1. The van der Waals surface area contributed by atoms with Crippen molar-refractivity contribution in [2.24, 2.45) is 0 Å². The van der Waals surface area contributed by atoms with E-state index in [-0.39, 0.29) is 15.5 Å². The zero-order valence-electron chi connectivity index (χ0n) is 16.5. The molecule has 1 heterocycles. The maximum absolute atomic E-state index is 12.9. The van der Waals surface area contributed by atoms with E-state index in [0.717, 1.165) is 19.3 Å². The van der Waals surface area contributed by atoms with E-state index in [1.54, 1.807) is 24.3 Å². The molecular formula is C21H23ClN2O5S. The first-order chi connectivity index (χ1) is 14.3. The molecule has 0 aliphatic carbocycles. The van der Waals surface area contributed by atoms with Crippen LogP contribution in [0.25, 0.3) is 0 Å². The Bertz CT molecular complexity index is 1020. The van der Waals surface area contributed by atoms with Gasteiger partial charge in [-0.25, -0.2) is 13.2 Å². The number of carbonyl (C=O) groups is 2. The molecule has 1 fully saturated rings. The van der Waals surface area contributed by atoms with Gasteiger partial charge in [-0.3, -0.25) is 4.79 Å². The van der Waals surface area contributed by atoms with Crippen LogP contribution in [0, 0.1) is 0 Å². The van der Waals surface area contributed by atoms with Crippen molar-refractivity contribution < 1.29 is 22.7 Å². The second-order valence-corrected chi connectivity index (χ2v) is 9.35. The van der Waals surface area contributed by atoms with Crippen LogP contribution < -0.4 is 5.32 Å². The molecule has 7 nitrogen and oxygen atoms in total. The minimum Gasteiger partial charge on any atom is -0.449 e. The smallest absolute Gasteiger partial charge is 0.340 e. The molecule has 0 radical (unpaired) electrons. The average Bonchev–Trinajstić information content (AvgIpc) is 2.75. The van der Waals surface area contributed by atoms with Gasteiger partial charge < -0.3 is 10.1 Å². The van der Waals surface area contributed by atoms with Crippen molar-refractivity contribution in [1.82, 2.24) is 4.31 Å². The summed E-state index contributed by atoms with van der Waals surface area (Å²) in [5, 5.41) is 2.69. The number of rotatable bonds is 6. The number of para-hydroxylation sites is 1. The number of ether oxygens (including phenoxy) is 1. The molecule has 2 aromatic rings. The number of halogens is 1. The highest BCUT2D eigenvalue weighted by Crippen LogP contribution is 2.26. The van der Waals surface area contributed by atoms with Crippen molar-refractivity contribution in [3.8, 4) is 0 Å². The highest BCUT2D eigenvalue weighted by atomic mass is 35.5. The number of hydrogen-bond donors (Lipinski definition) is 1. The summed E-state index contributed by atoms with van der Waals surface area (Å²) in [6.45, 7) is 2.32. The largest absolute Gasteiger partial charge is 0.449 e. The topological polar surface area (TPSA) is 92.8 Å². The molecule has 0 saturated carbocycles. The lowest BCUT2D eigenvalue weighted by molar-refractivity contribution is -0.123. The minimum atomic E-state index is -3.73. The van der Waals surface area contributed by atoms with Crippen LogP contribution >= 0.6 is 11.6 Å². The lowest BCUT2D eigenvalue weighted by Crippen LogP contribution is -2.35. The second kappa shape index (κ2) is 9.59. The lowest BCUT2D eigenvalue weighted by atomic mass is 10.2. The van der Waals surface area contributed by atoms with Crippen molar-refractivity contribution in [3.05, 3.63) is 59.1 Å². The van der Waals surface area contributed by atoms with Crippen LogP contribution in [-0.2, 0) is 19.6 Å². The summed E-state index contributed by atoms with van der Waals surface area (Å²) in [6.07, 6.45) is 1.50. The summed E-state index contributed by atoms with van der Waals surface area (Å²) in [5.41, 5.74) is 0.465. The number of hydrogen-bond acceptors (Lipinski definition) is 5. The van der Waals surface area contributed by atoms with E-state index in [1.807, 2.05) is 6.07 Å². The summed E-state index contributed by atoms with van der Waals surface area (Å²) < 4.78 is 32.4. The molecule has 0 unspecified atom stereocenters. The van der Waals surface area contributed by atoms with Gasteiger partial charge in [0, 0.05) is 18.8 Å². The normalized spacial score (nSPS) is 15.9. The van der Waals surface area contributed by atoms with Crippen molar-refractivity contribution >= 4 is 39.2 Å². The Labute approximate surface area is 181 Å². The Hall–Kier alpha value is -2.42. The molecule has 0 aromatic heterocycles. The van der Waals surface area contributed by atoms with Gasteiger partial charge in [-0.1, -0.05) is 36.2 Å². The molecule has 30 heavy (non-hydrogen) atoms. The summed E-state index contributed by atoms with van der Waals surface area (Å²) in [4.78, 5) is 24.8. The van der Waals surface area contributed by atoms with Gasteiger partial charge in [0.15, 0.2) is 6.10 Å². The van der Waals surface area contributed by atoms with Crippen LogP contribution in [0.5, 0.6) is 0 Å². The summed E-state index contributed by atoms with van der Waals surface area (Å²) >= 11 is 6.11. The average molecular weight is 451 g/mol. The number of piperidine rings is 1. The SMILES string of the molecule is C[C@@H](OC(=O)c1cc(S(=O)(=O)N2CCCCC2)ccc1Cl)C(=O)Nc1ccccc1. The molecule has 0 spiro atoms. The molecule has 1 atom stereocenters. The number of esters is 1. The first-order valence-corrected chi connectivity index (χ1v) is 11.5. The van der Waals surface area contributed by atoms with Crippen molar-refractivity contribution in [2.75, 3.05) is 18.4 Å². The third-order valence-electron chi connectivity index (χ3n) is 4.80. The summed E-state index contributed by atoms with van der Waals surface area (Å²) in [6, 6.07) is 12.7. The fourth-order valence-electron chi connectivity index (χ4n) is 3.12. The van der Waals surface area contributed by atoms with Crippen molar-refractivity contribution in [1.29, 1.82) is 0 Å². The number of nitrogens with zero attached hydrogens (tertiary/aromatic N) is 1. The molecule has 3 rings (SSSR count). The second-order valence-electron chi connectivity index (χ2n) is 7.01. The number of benzene rings is 2. The molecular weight excluding hydrogens is 428 g/mol. The lowest BCUT2D eigenvalue weighted by Gasteiger charge is -2.26. The monoisotopic (exact) mass is 450 g/mol. The molecule has 1 saturated heterocycles. The third-order valence-corrected chi connectivity index (χ3v) is 7.03. The minimum absolute atomic E-state index is 0.0258. The molecule has 1 N–H and O–H groups in total. The fourth-order valence-corrected chi connectivity index (χ4v) is 4.86. The van der Waals surface area contributed by atoms with E-state index in [9.17, 15) is 18.0 Å². The third kappa shape index (κ3) is 5.19. The van der Waals surface area contributed by atoms with Crippen LogP contribution in [0.2, 0.25) is 5.02 Å². The van der Waals surface area contributed by atoms with Gasteiger partial charge in [0.05, 0.1) is 15.5 Å². The van der Waals surface area contributed by atoms with Gasteiger partial charge >= 0.3 is 5.97 Å². The predicted octanol–water partition coefficient (Wildman–Crippen LogP) is 3.70. The van der Waals surface area contributed by atoms with E-state index in [0.29, 0.717) is 18.8 Å². The zero-order chi connectivity index (χ0) is 21.7. The molecule has 0 bridgehead atoms. The Kier molecular flexibility index (Phi) is 7.12. The van der Waals surface area contributed by atoms with Gasteiger partial charge in [-0.2, -0.15) is 4.31 Å². The van der Waals surface area contributed by atoms with E-state index >= 15 is 0 Å². The molecule has 9 heteroatoms. The number of anilines is 1. The highest BCUT2D eigenvalue weighted by Gasteiger charge is 2.28. The van der Waals surface area contributed by atoms with E-state index in [2.05, 4.69) is 5.32 Å². The number of amides is 1. The number of sulfonamides is 1. The molecule has 1 aliphatic rings. The van der Waals surface area contributed by atoms with Gasteiger partial charge in [-0.05, 0) is 50.1 Å². The molecule has 2 aromatic carbocycles. The van der Waals surface area contributed by atoms with Crippen LogP contribution in [0.3, 0.4) is 0 Å². The Balaban J connectivity index is 1.74. The van der Waals surface area contributed by atoms with E-state index < -0.39 is 28.0 Å². The fraction of sp³-hybridized carbons (Fsp3) is 0.333. The van der Waals surface area contributed by atoms with Gasteiger partial charge in [-0.15, -0.1) is 0 Å². The van der Waals surface area contributed by atoms with Crippen molar-refractivity contribution in [2.45, 2.75) is 37.2 Å². The van der Waals surface area contributed by atoms with Gasteiger partial charge in [0.1, 0.15) is 0 Å². The Morgan fingerprint density at radius 1 is 1.07 bits per heavy atom. The summed E-state index contributed by atoms with van der Waals surface area (Å²) in [5.74, 6) is -1.38. The molecule has 160 valence electrons.